The third-order valence-corrected chi connectivity index (χ3v) is 2.76. The number of para-hydroxylation sites is 1. The number of likely N-dealkylation sites (tertiary alicyclic amines) is 1. The topological polar surface area (TPSA) is 6.48 Å². The molecule has 1 fully saturated rings. The lowest BCUT2D eigenvalue weighted by Crippen LogP contribution is -2.56. The van der Waals surface area contributed by atoms with Crippen molar-refractivity contribution in [2.75, 3.05) is 32.1 Å². The molecule has 13 heavy (non-hydrogen) atoms. The number of hydrogen-bond acceptors (Lipinski definition) is 2. The molecule has 70 valence electrons. The molecule has 1 aliphatic rings. The van der Waals surface area contributed by atoms with Crippen LogP contribution in [0.15, 0.2) is 30.3 Å². The number of benzene rings is 1. The first-order valence-electron chi connectivity index (χ1n) is 4.74. The van der Waals surface area contributed by atoms with Crippen molar-refractivity contribution in [1.29, 1.82) is 0 Å². The Morgan fingerprint density at radius 3 is 2.38 bits per heavy atom. The second-order valence-electron chi connectivity index (χ2n) is 3.82. The summed E-state index contributed by atoms with van der Waals surface area (Å²) in [6.07, 6.45) is 0. The molecular formula is C11H16N2. The van der Waals surface area contributed by atoms with Crippen LogP contribution in [-0.4, -0.2) is 38.1 Å². The minimum atomic E-state index is 0.701. The molecule has 0 amide bonds. The Balaban J connectivity index is 2.02. The molecule has 2 heteroatoms. The molecule has 0 spiro atoms. The van der Waals surface area contributed by atoms with E-state index in [-0.39, 0.29) is 0 Å². The molecule has 1 aromatic carbocycles. The van der Waals surface area contributed by atoms with Crippen LogP contribution in [0.1, 0.15) is 0 Å². The maximum absolute atomic E-state index is 2.36. The molecule has 1 aromatic rings. The first-order chi connectivity index (χ1) is 6.27. The van der Waals surface area contributed by atoms with Gasteiger partial charge in [-0.25, -0.2) is 0 Å². The van der Waals surface area contributed by atoms with Crippen LogP contribution >= 0.6 is 0 Å². The van der Waals surface area contributed by atoms with E-state index in [2.05, 4.69) is 54.2 Å². The van der Waals surface area contributed by atoms with Gasteiger partial charge in [0.1, 0.15) is 0 Å². The summed E-state index contributed by atoms with van der Waals surface area (Å²) in [4.78, 5) is 4.70. The summed E-state index contributed by atoms with van der Waals surface area (Å²) in [7, 11) is 4.34. The third-order valence-electron chi connectivity index (χ3n) is 2.76. The Morgan fingerprint density at radius 2 is 1.85 bits per heavy atom. The van der Waals surface area contributed by atoms with Gasteiger partial charge in [0.2, 0.25) is 0 Å². The molecule has 0 unspecified atom stereocenters. The van der Waals surface area contributed by atoms with E-state index in [0.717, 1.165) is 0 Å². The Morgan fingerprint density at radius 1 is 1.23 bits per heavy atom. The van der Waals surface area contributed by atoms with Crippen LogP contribution in [0.5, 0.6) is 0 Å². The highest BCUT2D eigenvalue weighted by molar-refractivity contribution is 5.46. The standard InChI is InChI=1S/C11H16N2/c1-12-8-11(9-12)13(2)10-6-4-3-5-7-10/h3-7,11H,8-9H2,1-2H3. The molecule has 0 radical (unpaired) electrons. The summed E-state index contributed by atoms with van der Waals surface area (Å²) in [5, 5.41) is 0. The maximum Gasteiger partial charge on any atom is 0.0540 e. The van der Waals surface area contributed by atoms with Gasteiger partial charge < -0.3 is 9.80 Å². The normalized spacial score (nSPS) is 18.3. The fraction of sp³-hybridized carbons (Fsp3) is 0.455. The highest BCUT2D eigenvalue weighted by atomic mass is 15.3. The van der Waals surface area contributed by atoms with Gasteiger partial charge in [-0.05, 0) is 19.2 Å². The van der Waals surface area contributed by atoms with Crippen LogP contribution in [-0.2, 0) is 0 Å². The minimum absolute atomic E-state index is 0.701. The Bertz CT molecular complexity index is 265. The molecule has 0 atom stereocenters. The maximum atomic E-state index is 2.36. The van der Waals surface area contributed by atoms with Gasteiger partial charge in [0.25, 0.3) is 0 Å². The lowest BCUT2D eigenvalue weighted by atomic mass is 10.1. The van der Waals surface area contributed by atoms with E-state index >= 15 is 0 Å². The fourth-order valence-electron chi connectivity index (χ4n) is 1.78. The quantitative estimate of drug-likeness (QED) is 0.672. The largest absolute Gasteiger partial charge is 0.369 e. The van der Waals surface area contributed by atoms with E-state index < -0.39 is 0 Å². The fourth-order valence-corrected chi connectivity index (χ4v) is 1.78. The van der Waals surface area contributed by atoms with Gasteiger partial charge in [-0.15, -0.1) is 0 Å². The van der Waals surface area contributed by atoms with Crippen LogP contribution < -0.4 is 4.90 Å². The SMILES string of the molecule is CN1CC(N(C)c2ccccc2)C1. The molecule has 1 aliphatic heterocycles. The summed E-state index contributed by atoms with van der Waals surface area (Å²) in [5.41, 5.74) is 1.32. The second kappa shape index (κ2) is 3.38. The molecular weight excluding hydrogens is 160 g/mol. The predicted molar refractivity (Wildman–Crippen MR) is 56.1 cm³/mol. The average molecular weight is 176 g/mol. The van der Waals surface area contributed by atoms with E-state index in [9.17, 15) is 0 Å². The van der Waals surface area contributed by atoms with Crippen molar-refractivity contribution >= 4 is 5.69 Å². The first kappa shape index (κ1) is 8.57. The van der Waals surface area contributed by atoms with Gasteiger partial charge in [0.15, 0.2) is 0 Å². The Labute approximate surface area is 79.8 Å². The van der Waals surface area contributed by atoms with Gasteiger partial charge >= 0.3 is 0 Å². The monoisotopic (exact) mass is 176 g/mol. The first-order valence-corrected chi connectivity index (χ1v) is 4.74. The lowest BCUT2D eigenvalue weighted by molar-refractivity contribution is 0.187. The summed E-state index contributed by atoms with van der Waals surface area (Å²) in [6, 6.07) is 11.3. The molecule has 0 aromatic heterocycles. The van der Waals surface area contributed by atoms with Crippen molar-refractivity contribution in [1.82, 2.24) is 4.90 Å². The smallest absolute Gasteiger partial charge is 0.0540 e. The molecule has 0 aliphatic carbocycles. The van der Waals surface area contributed by atoms with Crippen LogP contribution in [0.25, 0.3) is 0 Å². The number of anilines is 1. The summed E-state index contributed by atoms with van der Waals surface area (Å²) >= 11 is 0. The Hall–Kier alpha value is -1.02. The van der Waals surface area contributed by atoms with Crippen LogP contribution in [0.2, 0.25) is 0 Å². The van der Waals surface area contributed by atoms with Gasteiger partial charge in [0, 0.05) is 25.8 Å². The molecule has 0 saturated carbocycles. The highest BCUT2D eigenvalue weighted by Crippen LogP contribution is 2.19. The van der Waals surface area contributed by atoms with E-state index in [1.165, 1.54) is 18.8 Å². The predicted octanol–water partition coefficient (Wildman–Crippen LogP) is 1.44. The zero-order chi connectivity index (χ0) is 9.26. The number of likely N-dealkylation sites (N-methyl/N-ethyl adjacent to an activating group) is 2. The van der Waals surface area contributed by atoms with Gasteiger partial charge in [-0.2, -0.15) is 0 Å². The lowest BCUT2D eigenvalue weighted by Gasteiger charge is -2.43. The number of hydrogen-bond donors (Lipinski definition) is 0. The van der Waals surface area contributed by atoms with Crippen molar-refractivity contribution in [3.63, 3.8) is 0 Å². The summed E-state index contributed by atoms with van der Waals surface area (Å²) < 4.78 is 0. The van der Waals surface area contributed by atoms with Crippen LogP contribution in [0, 0.1) is 0 Å². The molecule has 1 saturated heterocycles. The number of rotatable bonds is 2. The van der Waals surface area contributed by atoms with Crippen molar-refractivity contribution in [2.45, 2.75) is 6.04 Å². The average Bonchev–Trinajstić information content (AvgIpc) is 2.13. The summed E-state index contributed by atoms with van der Waals surface area (Å²) in [5.74, 6) is 0. The van der Waals surface area contributed by atoms with Gasteiger partial charge in [0.05, 0.1) is 6.04 Å². The Kier molecular flexibility index (Phi) is 2.23. The molecule has 0 bridgehead atoms. The van der Waals surface area contributed by atoms with E-state index in [1.54, 1.807) is 0 Å². The van der Waals surface area contributed by atoms with Crippen LogP contribution in [0.3, 0.4) is 0 Å². The van der Waals surface area contributed by atoms with Crippen LogP contribution in [0.4, 0.5) is 5.69 Å². The van der Waals surface area contributed by atoms with Crippen molar-refractivity contribution < 1.29 is 0 Å². The van der Waals surface area contributed by atoms with E-state index in [0.29, 0.717) is 6.04 Å². The third kappa shape index (κ3) is 1.68. The molecule has 2 nitrogen and oxygen atoms in total. The van der Waals surface area contributed by atoms with Crippen molar-refractivity contribution in [2.24, 2.45) is 0 Å². The van der Waals surface area contributed by atoms with Crippen molar-refractivity contribution in [3.8, 4) is 0 Å². The van der Waals surface area contributed by atoms with Gasteiger partial charge in [-0.1, -0.05) is 18.2 Å². The summed E-state index contributed by atoms with van der Waals surface area (Å²) in [6.45, 7) is 2.37. The van der Waals surface area contributed by atoms with E-state index in [1.807, 2.05) is 0 Å². The molecule has 1 heterocycles. The molecule has 0 N–H and O–H groups in total. The highest BCUT2D eigenvalue weighted by Gasteiger charge is 2.26. The second-order valence-corrected chi connectivity index (χ2v) is 3.82. The molecule has 2 rings (SSSR count). The zero-order valence-electron chi connectivity index (χ0n) is 8.27. The van der Waals surface area contributed by atoms with Crippen molar-refractivity contribution in [3.05, 3.63) is 30.3 Å². The van der Waals surface area contributed by atoms with E-state index in [4.69, 9.17) is 0 Å². The van der Waals surface area contributed by atoms with Gasteiger partial charge in [-0.3, -0.25) is 0 Å². The minimum Gasteiger partial charge on any atom is -0.369 e. The number of nitrogens with zero attached hydrogens (tertiary/aromatic N) is 2. The zero-order valence-corrected chi connectivity index (χ0v) is 8.27.